The standard InChI is InChI=1S/C21H22BrN3O/c1-4-15-7-6-8-16(5-2)20(15)25-21(26)17(12-23)13-24-18-9-10-19(22)14(3)11-18/h6-11,13,24H,4-5H2,1-3H3,(H,25,26)/b17-13-. The third-order valence-corrected chi connectivity index (χ3v) is 5.03. The first-order chi connectivity index (χ1) is 12.5. The number of nitriles is 1. The summed E-state index contributed by atoms with van der Waals surface area (Å²) < 4.78 is 1.01. The van der Waals surface area contributed by atoms with Crippen LogP contribution in [0.2, 0.25) is 0 Å². The number of nitrogens with zero attached hydrogens (tertiary/aromatic N) is 1. The summed E-state index contributed by atoms with van der Waals surface area (Å²) in [4.78, 5) is 12.6. The number of aryl methyl sites for hydroxylation is 3. The lowest BCUT2D eigenvalue weighted by Gasteiger charge is -2.14. The van der Waals surface area contributed by atoms with Crippen LogP contribution in [0.15, 0.2) is 52.6 Å². The van der Waals surface area contributed by atoms with Crippen LogP contribution in [0.3, 0.4) is 0 Å². The molecule has 0 radical (unpaired) electrons. The second-order valence-electron chi connectivity index (χ2n) is 5.89. The summed E-state index contributed by atoms with van der Waals surface area (Å²) in [6.07, 6.45) is 3.06. The number of halogens is 1. The molecule has 0 fully saturated rings. The van der Waals surface area contributed by atoms with Crippen molar-refractivity contribution in [3.63, 3.8) is 0 Å². The molecule has 0 aliphatic carbocycles. The molecule has 2 aromatic rings. The van der Waals surface area contributed by atoms with Gasteiger partial charge in [0, 0.05) is 22.0 Å². The maximum absolute atomic E-state index is 12.6. The quantitative estimate of drug-likeness (QED) is 0.497. The molecule has 1 amide bonds. The van der Waals surface area contributed by atoms with Crippen LogP contribution in [0, 0.1) is 18.3 Å². The zero-order valence-corrected chi connectivity index (χ0v) is 16.8. The van der Waals surface area contributed by atoms with Gasteiger partial charge in [0.05, 0.1) is 0 Å². The van der Waals surface area contributed by atoms with Crippen molar-refractivity contribution in [1.82, 2.24) is 0 Å². The first kappa shape index (κ1) is 19.7. The minimum Gasteiger partial charge on any atom is -0.360 e. The van der Waals surface area contributed by atoms with Crippen LogP contribution in [-0.4, -0.2) is 5.91 Å². The van der Waals surface area contributed by atoms with Gasteiger partial charge < -0.3 is 10.6 Å². The first-order valence-corrected chi connectivity index (χ1v) is 9.34. The lowest BCUT2D eigenvalue weighted by atomic mass is 10.0. The summed E-state index contributed by atoms with van der Waals surface area (Å²) in [7, 11) is 0. The van der Waals surface area contributed by atoms with Gasteiger partial charge in [0.25, 0.3) is 5.91 Å². The molecule has 0 aliphatic rings. The molecule has 0 spiro atoms. The fourth-order valence-electron chi connectivity index (χ4n) is 2.62. The highest BCUT2D eigenvalue weighted by molar-refractivity contribution is 9.10. The van der Waals surface area contributed by atoms with Gasteiger partial charge in [0.1, 0.15) is 11.6 Å². The Balaban J connectivity index is 2.21. The number of hydrogen-bond donors (Lipinski definition) is 2. The minimum absolute atomic E-state index is 0.0264. The second kappa shape index (κ2) is 9.21. The number of amides is 1. The Morgan fingerprint density at radius 1 is 1.19 bits per heavy atom. The van der Waals surface area contributed by atoms with Crippen LogP contribution in [0.1, 0.15) is 30.5 Å². The Hall–Kier alpha value is -2.58. The number of para-hydroxylation sites is 1. The molecule has 0 aromatic heterocycles. The Kier molecular flexibility index (Phi) is 6.99. The minimum atomic E-state index is -0.413. The van der Waals surface area contributed by atoms with Crippen molar-refractivity contribution in [1.29, 1.82) is 5.26 Å². The monoisotopic (exact) mass is 411 g/mol. The predicted molar refractivity (Wildman–Crippen MR) is 110 cm³/mol. The van der Waals surface area contributed by atoms with Crippen LogP contribution in [0.4, 0.5) is 11.4 Å². The number of rotatable bonds is 6. The second-order valence-corrected chi connectivity index (χ2v) is 6.74. The van der Waals surface area contributed by atoms with Gasteiger partial charge in [-0.2, -0.15) is 5.26 Å². The smallest absolute Gasteiger partial charge is 0.267 e. The van der Waals surface area contributed by atoms with Crippen molar-refractivity contribution < 1.29 is 4.79 Å². The number of carbonyl (C=O) groups is 1. The van der Waals surface area contributed by atoms with Crippen LogP contribution in [0.5, 0.6) is 0 Å². The number of nitrogens with one attached hydrogen (secondary N) is 2. The van der Waals surface area contributed by atoms with E-state index in [0.29, 0.717) is 0 Å². The summed E-state index contributed by atoms with van der Waals surface area (Å²) in [5.74, 6) is -0.413. The molecule has 0 saturated carbocycles. The Bertz CT molecular complexity index is 859. The summed E-state index contributed by atoms with van der Waals surface area (Å²) >= 11 is 3.45. The van der Waals surface area contributed by atoms with Gasteiger partial charge in [-0.25, -0.2) is 0 Å². The molecule has 5 heteroatoms. The normalized spacial score (nSPS) is 11.0. The summed E-state index contributed by atoms with van der Waals surface area (Å²) in [5.41, 5.74) is 4.84. The van der Waals surface area contributed by atoms with Crippen molar-refractivity contribution in [2.75, 3.05) is 10.6 Å². The Morgan fingerprint density at radius 3 is 2.38 bits per heavy atom. The number of carbonyl (C=O) groups excluding carboxylic acids is 1. The predicted octanol–water partition coefficient (Wildman–Crippen LogP) is 5.34. The molecule has 2 N–H and O–H groups in total. The molecule has 0 atom stereocenters. The summed E-state index contributed by atoms with van der Waals surface area (Å²) in [5, 5.41) is 15.3. The van der Waals surface area contributed by atoms with Crippen LogP contribution < -0.4 is 10.6 Å². The lowest BCUT2D eigenvalue weighted by Crippen LogP contribution is -2.17. The van der Waals surface area contributed by atoms with Crippen molar-refractivity contribution >= 4 is 33.2 Å². The van der Waals surface area contributed by atoms with Gasteiger partial charge in [-0.3, -0.25) is 4.79 Å². The highest BCUT2D eigenvalue weighted by Crippen LogP contribution is 2.23. The van der Waals surface area contributed by atoms with Gasteiger partial charge in [0.2, 0.25) is 0 Å². The highest BCUT2D eigenvalue weighted by atomic mass is 79.9. The van der Waals surface area contributed by atoms with E-state index < -0.39 is 5.91 Å². The van der Waals surface area contributed by atoms with Gasteiger partial charge >= 0.3 is 0 Å². The average Bonchev–Trinajstić information content (AvgIpc) is 2.65. The van der Waals surface area contributed by atoms with E-state index >= 15 is 0 Å². The van der Waals surface area contributed by atoms with E-state index in [1.165, 1.54) is 6.20 Å². The molecule has 134 valence electrons. The third-order valence-electron chi connectivity index (χ3n) is 4.14. The molecule has 2 rings (SSSR count). The van der Waals surface area contributed by atoms with E-state index in [1.807, 2.05) is 63.2 Å². The molecule has 4 nitrogen and oxygen atoms in total. The molecular weight excluding hydrogens is 390 g/mol. The molecule has 0 bridgehead atoms. The van der Waals surface area contributed by atoms with Crippen LogP contribution in [0.25, 0.3) is 0 Å². The van der Waals surface area contributed by atoms with Gasteiger partial charge in [0.15, 0.2) is 0 Å². The molecule has 0 heterocycles. The Morgan fingerprint density at radius 2 is 1.85 bits per heavy atom. The van der Waals surface area contributed by atoms with E-state index in [1.54, 1.807) is 0 Å². The average molecular weight is 412 g/mol. The van der Waals surface area contributed by atoms with E-state index in [-0.39, 0.29) is 5.57 Å². The maximum Gasteiger partial charge on any atom is 0.267 e. The topological polar surface area (TPSA) is 64.9 Å². The number of benzene rings is 2. The maximum atomic E-state index is 12.6. The fraction of sp³-hybridized carbons (Fsp3) is 0.238. The Labute approximate surface area is 163 Å². The largest absolute Gasteiger partial charge is 0.360 e. The molecule has 0 saturated heterocycles. The lowest BCUT2D eigenvalue weighted by molar-refractivity contribution is -0.112. The van der Waals surface area contributed by atoms with Gasteiger partial charge in [-0.05, 0) is 54.7 Å². The van der Waals surface area contributed by atoms with E-state index in [2.05, 4.69) is 26.6 Å². The number of hydrogen-bond acceptors (Lipinski definition) is 3. The van der Waals surface area contributed by atoms with Crippen molar-refractivity contribution in [3.05, 3.63) is 69.3 Å². The number of anilines is 2. The molecule has 2 aromatic carbocycles. The zero-order chi connectivity index (χ0) is 19.1. The van der Waals surface area contributed by atoms with Crippen LogP contribution >= 0.6 is 15.9 Å². The zero-order valence-electron chi connectivity index (χ0n) is 15.2. The van der Waals surface area contributed by atoms with Crippen molar-refractivity contribution in [2.24, 2.45) is 0 Å². The summed E-state index contributed by atoms with van der Waals surface area (Å²) in [6.45, 7) is 6.07. The highest BCUT2D eigenvalue weighted by Gasteiger charge is 2.14. The van der Waals surface area contributed by atoms with E-state index in [9.17, 15) is 10.1 Å². The van der Waals surface area contributed by atoms with Gasteiger partial charge in [-0.1, -0.05) is 48.0 Å². The molecule has 26 heavy (non-hydrogen) atoms. The van der Waals surface area contributed by atoms with Crippen LogP contribution in [-0.2, 0) is 17.6 Å². The van der Waals surface area contributed by atoms with Gasteiger partial charge in [-0.15, -0.1) is 0 Å². The molecule has 0 unspecified atom stereocenters. The van der Waals surface area contributed by atoms with E-state index in [4.69, 9.17) is 0 Å². The van der Waals surface area contributed by atoms with E-state index in [0.717, 1.165) is 45.4 Å². The molecular formula is C21H22BrN3O. The first-order valence-electron chi connectivity index (χ1n) is 8.55. The van der Waals surface area contributed by atoms with Crippen molar-refractivity contribution in [3.8, 4) is 6.07 Å². The van der Waals surface area contributed by atoms with Crippen molar-refractivity contribution in [2.45, 2.75) is 33.6 Å². The third kappa shape index (κ3) is 4.74. The SMILES string of the molecule is CCc1cccc(CC)c1NC(=O)/C(C#N)=C\Nc1ccc(Br)c(C)c1. The fourth-order valence-corrected chi connectivity index (χ4v) is 2.87. The summed E-state index contributed by atoms with van der Waals surface area (Å²) in [6, 6.07) is 13.7. The molecule has 0 aliphatic heterocycles.